The van der Waals surface area contributed by atoms with Crippen LogP contribution in [0.4, 0.5) is 0 Å². The number of halogens is 1. The van der Waals surface area contributed by atoms with Gasteiger partial charge in [-0.25, -0.2) is 0 Å². The molecule has 0 aliphatic heterocycles. The van der Waals surface area contributed by atoms with Crippen molar-refractivity contribution in [2.24, 2.45) is 0 Å². The molecule has 0 unspecified atom stereocenters. The Morgan fingerprint density at radius 1 is 1.33 bits per heavy atom. The number of hydrogen-bond donors (Lipinski definition) is 2. The summed E-state index contributed by atoms with van der Waals surface area (Å²) >= 11 is 3.50. The molecule has 78 valence electrons. The normalized spacial score (nSPS) is 18.3. The Hall–Kier alpha value is -0.800. The fourth-order valence-electron chi connectivity index (χ4n) is 2.14. The van der Waals surface area contributed by atoms with E-state index in [0.717, 1.165) is 4.47 Å². The standard InChI is InChI=1S/C12H13BrN2/c1-14-12(4-5-12)11-7-8-6-9(13)2-3-10(8)15-11/h2-3,6-7,14-15H,4-5H2,1H3. The summed E-state index contributed by atoms with van der Waals surface area (Å²) in [6.45, 7) is 0. The first-order chi connectivity index (χ1) is 7.23. The summed E-state index contributed by atoms with van der Waals surface area (Å²) in [7, 11) is 2.04. The van der Waals surface area contributed by atoms with Gasteiger partial charge in [-0.15, -0.1) is 0 Å². The molecule has 2 aromatic rings. The van der Waals surface area contributed by atoms with Crippen LogP contribution in [0.5, 0.6) is 0 Å². The second-order valence-electron chi connectivity index (χ2n) is 4.25. The van der Waals surface area contributed by atoms with Crippen LogP contribution in [0.25, 0.3) is 10.9 Å². The summed E-state index contributed by atoms with van der Waals surface area (Å²) in [4.78, 5) is 3.49. The summed E-state index contributed by atoms with van der Waals surface area (Å²) in [6, 6.07) is 8.60. The fourth-order valence-corrected chi connectivity index (χ4v) is 2.52. The largest absolute Gasteiger partial charge is 0.357 e. The van der Waals surface area contributed by atoms with E-state index in [1.165, 1.54) is 29.4 Å². The van der Waals surface area contributed by atoms with Crippen molar-refractivity contribution in [2.75, 3.05) is 7.05 Å². The van der Waals surface area contributed by atoms with Gasteiger partial charge in [-0.3, -0.25) is 0 Å². The summed E-state index contributed by atoms with van der Waals surface area (Å²) in [5.41, 5.74) is 2.76. The molecule has 1 saturated carbocycles. The van der Waals surface area contributed by atoms with Gasteiger partial charge >= 0.3 is 0 Å². The zero-order valence-corrected chi connectivity index (χ0v) is 10.2. The second-order valence-corrected chi connectivity index (χ2v) is 5.16. The molecular formula is C12H13BrN2. The highest BCUT2D eigenvalue weighted by Crippen LogP contribution is 2.45. The van der Waals surface area contributed by atoms with Crippen LogP contribution in [-0.4, -0.2) is 12.0 Å². The molecule has 1 aromatic carbocycles. The number of H-pyrrole nitrogens is 1. The maximum absolute atomic E-state index is 3.50. The molecule has 15 heavy (non-hydrogen) atoms. The van der Waals surface area contributed by atoms with Gasteiger partial charge in [0.15, 0.2) is 0 Å². The lowest BCUT2D eigenvalue weighted by molar-refractivity contribution is 0.572. The molecule has 2 nitrogen and oxygen atoms in total. The Labute approximate surface area is 97.2 Å². The molecule has 3 heteroatoms. The SMILES string of the molecule is CNC1(c2cc3cc(Br)ccc3[nH]2)CC1. The third-order valence-electron chi connectivity index (χ3n) is 3.33. The van der Waals surface area contributed by atoms with E-state index in [2.05, 4.69) is 50.5 Å². The Bertz CT molecular complexity index is 511. The highest BCUT2D eigenvalue weighted by molar-refractivity contribution is 9.10. The van der Waals surface area contributed by atoms with Crippen LogP contribution in [0.15, 0.2) is 28.7 Å². The Kier molecular flexibility index (Phi) is 1.94. The van der Waals surface area contributed by atoms with E-state index in [-0.39, 0.29) is 5.54 Å². The van der Waals surface area contributed by atoms with Gasteiger partial charge in [0.25, 0.3) is 0 Å². The zero-order chi connectivity index (χ0) is 10.5. The van der Waals surface area contributed by atoms with Crippen LogP contribution < -0.4 is 5.32 Å². The molecule has 1 fully saturated rings. The Morgan fingerprint density at radius 2 is 2.13 bits per heavy atom. The van der Waals surface area contributed by atoms with Crippen molar-refractivity contribution < 1.29 is 0 Å². The predicted molar refractivity (Wildman–Crippen MR) is 66.0 cm³/mol. The molecule has 0 atom stereocenters. The van der Waals surface area contributed by atoms with Crippen LogP contribution in [0.1, 0.15) is 18.5 Å². The van der Waals surface area contributed by atoms with Gasteiger partial charge in [0.05, 0.1) is 5.54 Å². The molecular weight excluding hydrogens is 252 g/mol. The van der Waals surface area contributed by atoms with Crippen molar-refractivity contribution in [3.05, 3.63) is 34.4 Å². The molecule has 1 aromatic heterocycles. The first-order valence-corrected chi connectivity index (χ1v) is 6.00. The van der Waals surface area contributed by atoms with Gasteiger partial charge in [0.2, 0.25) is 0 Å². The monoisotopic (exact) mass is 264 g/mol. The molecule has 2 N–H and O–H groups in total. The van der Waals surface area contributed by atoms with Crippen LogP contribution in [0.3, 0.4) is 0 Å². The minimum absolute atomic E-state index is 0.228. The van der Waals surface area contributed by atoms with Gasteiger partial charge in [-0.05, 0) is 44.2 Å². The first kappa shape index (κ1) is 9.43. The minimum atomic E-state index is 0.228. The van der Waals surface area contributed by atoms with Crippen molar-refractivity contribution in [1.82, 2.24) is 10.3 Å². The van der Waals surface area contributed by atoms with Crippen LogP contribution in [0, 0.1) is 0 Å². The summed E-state index contributed by atoms with van der Waals surface area (Å²) in [5.74, 6) is 0. The van der Waals surface area contributed by atoms with Crippen LogP contribution >= 0.6 is 15.9 Å². The summed E-state index contributed by atoms with van der Waals surface area (Å²) < 4.78 is 1.13. The van der Waals surface area contributed by atoms with E-state index < -0.39 is 0 Å². The van der Waals surface area contributed by atoms with Crippen molar-refractivity contribution in [2.45, 2.75) is 18.4 Å². The molecule has 0 bridgehead atoms. The topological polar surface area (TPSA) is 27.8 Å². The van der Waals surface area contributed by atoms with Crippen LogP contribution in [-0.2, 0) is 5.54 Å². The van der Waals surface area contributed by atoms with E-state index in [9.17, 15) is 0 Å². The van der Waals surface area contributed by atoms with Crippen molar-refractivity contribution in [3.63, 3.8) is 0 Å². The number of benzene rings is 1. The number of fused-ring (bicyclic) bond motifs is 1. The molecule has 1 heterocycles. The maximum atomic E-state index is 3.50. The summed E-state index contributed by atoms with van der Waals surface area (Å²) in [5, 5.41) is 4.68. The molecule has 1 aliphatic carbocycles. The smallest absolute Gasteiger partial charge is 0.0586 e. The van der Waals surface area contributed by atoms with Gasteiger partial charge in [0.1, 0.15) is 0 Å². The highest BCUT2D eigenvalue weighted by atomic mass is 79.9. The Morgan fingerprint density at radius 3 is 2.80 bits per heavy atom. The second kappa shape index (κ2) is 3.09. The van der Waals surface area contributed by atoms with Crippen molar-refractivity contribution >= 4 is 26.8 Å². The highest BCUT2D eigenvalue weighted by Gasteiger charge is 2.43. The van der Waals surface area contributed by atoms with Gasteiger partial charge < -0.3 is 10.3 Å². The average Bonchev–Trinajstić information content (AvgIpc) is 2.93. The lowest BCUT2D eigenvalue weighted by Gasteiger charge is -2.10. The quantitative estimate of drug-likeness (QED) is 0.857. The summed E-state index contributed by atoms with van der Waals surface area (Å²) in [6.07, 6.45) is 2.47. The number of rotatable bonds is 2. The van der Waals surface area contributed by atoms with E-state index in [1.807, 2.05) is 7.05 Å². The lowest BCUT2D eigenvalue weighted by Crippen LogP contribution is -2.24. The number of aromatic amines is 1. The number of hydrogen-bond acceptors (Lipinski definition) is 1. The van der Waals surface area contributed by atoms with Crippen molar-refractivity contribution in [1.29, 1.82) is 0 Å². The van der Waals surface area contributed by atoms with E-state index in [0.29, 0.717) is 0 Å². The number of nitrogens with one attached hydrogen (secondary N) is 2. The molecule has 0 spiro atoms. The number of aromatic nitrogens is 1. The third-order valence-corrected chi connectivity index (χ3v) is 3.82. The van der Waals surface area contributed by atoms with Crippen molar-refractivity contribution in [3.8, 4) is 0 Å². The lowest BCUT2D eigenvalue weighted by atomic mass is 10.2. The zero-order valence-electron chi connectivity index (χ0n) is 8.60. The van der Waals surface area contributed by atoms with Gasteiger partial charge in [-0.1, -0.05) is 15.9 Å². The minimum Gasteiger partial charge on any atom is -0.357 e. The van der Waals surface area contributed by atoms with E-state index in [1.54, 1.807) is 0 Å². The third kappa shape index (κ3) is 1.42. The molecule has 3 rings (SSSR count). The Balaban J connectivity index is 2.14. The maximum Gasteiger partial charge on any atom is 0.0586 e. The van der Waals surface area contributed by atoms with Crippen LogP contribution in [0.2, 0.25) is 0 Å². The molecule has 0 radical (unpaired) electrons. The fraction of sp³-hybridized carbons (Fsp3) is 0.333. The molecule has 0 saturated heterocycles. The van der Waals surface area contributed by atoms with E-state index >= 15 is 0 Å². The average molecular weight is 265 g/mol. The predicted octanol–water partition coefficient (Wildman–Crippen LogP) is 3.14. The first-order valence-electron chi connectivity index (χ1n) is 5.21. The molecule has 1 aliphatic rings. The van der Waals surface area contributed by atoms with E-state index in [4.69, 9.17) is 0 Å². The van der Waals surface area contributed by atoms with Gasteiger partial charge in [0, 0.05) is 21.1 Å². The molecule has 0 amide bonds. The van der Waals surface area contributed by atoms with Gasteiger partial charge in [-0.2, -0.15) is 0 Å².